The first-order valence-corrected chi connectivity index (χ1v) is 6.38. The fourth-order valence-electron chi connectivity index (χ4n) is 2.40. The van der Waals surface area contributed by atoms with Crippen molar-refractivity contribution in [2.24, 2.45) is 5.41 Å². The molecule has 1 heterocycles. The molecule has 2 nitrogen and oxygen atoms in total. The van der Waals surface area contributed by atoms with Gasteiger partial charge in [0.2, 0.25) is 0 Å². The molecule has 0 aromatic carbocycles. The van der Waals surface area contributed by atoms with E-state index in [-0.39, 0.29) is 5.60 Å². The molecule has 1 unspecified atom stereocenters. The Bertz CT molecular complexity index is 233. The second kappa shape index (κ2) is 5.72. The molecule has 0 bridgehead atoms. The highest BCUT2D eigenvalue weighted by Gasteiger charge is 2.43. The topological polar surface area (TPSA) is 18.5 Å². The third kappa shape index (κ3) is 3.24. The third-order valence-corrected chi connectivity index (χ3v) is 4.01. The van der Waals surface area contributed by atoms with Gasteiger partial charge in [0.1, 0.15) is 0 Å². The van der Waals surface area contributed by atoms with Crippen LogP contribution in [0.25, 0.3) is 0 Å². The van der Waals surface area contributed by atoms with E-state index in [2.05, 4.69) is 20.8 Å². The molecule has 0 spiro atoms. The summed E-state index contributed by atoms with van der Waals surface area (Å²) in [6.45, 7) is 10.5. The number of allylic oxidation sites excluding steroid dienone is 1. The highest BCUT2D eigenvalue weighted by Crippen LogP contribution is 2.45. The molecule has 2 heteroatoms. The lowest BCUT2D eigenvalue weighted by Crippen LogP contribution is -2.47. The first-order valence-electron chi connectivity index (χ1n) is 6.38. The van der Waals surface area contributed by atoms with Crippen LogP contribution in [0, 0.1) is 5.41 Å². The van der Waals surface area contributed by atoms with Gasteiger partial charge in [0, 0.05) is 6.61 Å². The predicted molar refractivity (Wildman–Crippen MR) is 67.4 cm³/mol. The Morgan fingerprint density at radius 3 is 2.69 bits per heavy atom. The third-order valence-electron chi connectivity index (χ3n) is 4.01. The van der Waals surface area contributed by atoms with Crippen molar-refractivity contribution >= 4 is 0 Å². The molecule has 0 N–H and O–H groups in total. The smallest absolute Gasteiger partial charge is 0.0873 e. The Kier molecular flexibility index (Phi) is 4.85. The highest BCUT2D eigenvalue weighted by atomic mass is 16.5. The van der Waals surface area contributed by atoms with E-state index >= 15 is 0 Å². The van der Waals surface area contributed by atoms with Crippen LogP contribution in [0.1, 0.15) is 53.4 Å². The van der Waals surface area contributed by atoms with E-state index in [9.17, 15) is 0 Å². The minimum absolute atomic E-state index is 0.00580. The number of hydrogen-bond acceptors (Lipinski definition) is 2. The van der Waals surface area contributed by atoms with Crippen molar-refractivity contribution in [1.82, 2.24) is 0 Å². The van der Waals surface area contributed by atoms with E-state index in [4.69, 9.17) is 9.47 Å². The monoisotopic (exact) mass is 226 g/mol. The zero-order valence-electron chi connectivity index (χ0n) is 11.2. The van der Waals surface area contributed by atoms with Gasteiger partial charge in [-0.1, -0.05) is 13.0 Å². The summed E-state index contributed by atoms with van der Waals surface area (Å²) in [5.74, 6) is 0. The van der Waals surface area contributed by atoms with Gasteiger partial charge in [0.05, 0.1) is 18.5 Å². The van der Waals surface area contributed by atoms with Crippen molar-refractivity contribution in [3.8, 4) is 0 Å². The maximum atomic E-state index is 5.90. The summed E-state index contributed by atoms with van der Waals surface area (Å²) in [5.41, 5.74) is 0.302. The van der Waals surface area contributed by atoms with Gasteiger partial charge in [-0.2, -0.15) is 0 Å². The minimum atomic E-state index is 0.00580. The maximum absolute atomic E-state index is 5.90. The normalized spacial score (nSPS) is 29.5. The Balaban J connectivity index is 2.37. The van der Waals surface area contributed by atoms with Gasteiger partial charge in [-0.3, -0.25) is 0 Å². The van der Waals surface area contributed by atoms with E-state index in [1.54, 1.807) is 6.26 Å². The average Bonchev–Trinajstić information content (AvgIpc) is 2.23. The summed E-state index contributed by atoms with van der Waals surface area (Å²) >= 11 is 0. The number of rotatable bonds is 5. The van der Waals surface area contributed by atoms with E-state index in [1.165, 1.54) is 19.3 Å². The van der Waals surface area contributed by atoms with Crippen molar-refractivity contribution < 1.29 is 9.47 Å². The predicted octanol–water partition coefficient (Wildman–Crippen LogP) is 3.91. The van der Waals surface area contributed by atoms with Crippen molar-refractivity contribution in [2.75, 3.05) is 13.2 Å². The molecule has 1 rings (SSSR count). The van der Waals surface area contributed by atoms with E-state index in [0.29, 0.717) is 5.41 Å². The van der Waals surface area contributed by atoms with E-state index < -0.39 is 0 Å². The Hall–Kier alpha value is -0.500. The van der Waals surface area contributed by atoms with Crippen molar-refractivity contribution in [3.63, 3.8) is 0 Å². The molecular weight excluding hydrogens is 200 g/mol. The maximum Gasteiger partial charge on any atom is 0.0873 e. The van der Waals surface area contributed by atoms with Crippen LogP contribution in [0.2, 0.25) is 0 Å². The Labute approximate surface area is 100 Å². The summed E-state index contributed by atoms with van der Waals surface area (Å²) in [7, 11) is 0. The van der Waals surface area contributed by atoms with Gasteiger partial charge >= 0.3 is 0 Å². The van der Waals surface area contributed by atoms with E-state index in [1.807, 2.05) is 13.0 Å². The lowest BCUT2D eigenvalue weighted by atomic mass is 9.68. The molecule has 1 fully saturated rings. The summed E-state index contributed by atoms with van der Waals surface area (Å²) in [6, 6.07) is 0. The van der Waals surface area contributed by atoms with Crippen LogP contribution < -0.4 is 0 Å². The molecule has 0 aromatic rings. The van der Waals surface area contributed by atoms with Crippen LogP contribution >= 0.6 is 0 Å². The fourth-order valence-corrected chi connectivity index (χ4v) is 2.40. The van der Waals surface area contributed by atoms with Crippen molar-refractivity contribution in [1.29, 1.82) is 0 Å². The first-order chi connectivity index (χ1) is 7.52. The minimum Gasteiger partial charge on any atom is -0.502 e. The molecule has 1 aliphatic rings. The zero-order chi connectivity index (χ0) is 12.1. The quantitative estimate of drug-likeness (QED) is 0.522. The lowest BCUT2D eigenvalue weighted by molar-refractivity contribution is -0.145. The zero-order valence-corrected chi connectivity index (χ0v) is 11.2. The summed E-state index contributed by atoms with van der Waals surface area (Å²) in [4.78, 5) is 0. The van der Waals surface area contributed by atoms with Crippen LogP contribution in [-0.2, 0) is 9.47 Å². The van der Waals surface area contributed by atoms with Gasteiger partial charge in [-0.05, 0) is 51.9 Å². The van der Waals surface area contributed by atoms with E-state index in [0.717, 1.165) is 19.6 Å². The molecule has 1 saturated heterocycles. The van der Waals surface area contributed by atoms with Crippen molar-refractivity contribution in [2.45, 2.75) is 59.0 Å². The summed E-state index contributed by atoms with van der Waals surface area (Å²) < 4.78 is 11.3. The molecule has 0 amide bonds. The summed E-state index contributed by atoms with van der Waals surface area (Å²) in [5, 5.41) is 0. The molecule has 0 aromatic heterocycles. The largest absolute Gasteiger partial charge is 0.502 e. The Morgan fingerprint density at radius 2 is 2.06 bits per heavy atom. The Morgan fingerprint density at radius 1 is 1.31 bits per heavy atom. The van der Waals surface area contributed by atoms with Crippen LogP contribution in [0.4, 0.5) is 0 Å². The first kappa shape index (κ1) is 13.6. The fraction of sp³-hybridized carbons (Fsp3) is 0.857. The molecule has 16 heavy (non-hydrogen) atoms. The molecule has 1 atom stereocenters. The second-order valence-corrected chi connectivity index (χ2v) is 5.47. The molecule has 94 valence electrons. The summed E-state index contributed by atoms with van der Waals surface area (Å²) in [6.07, 6.45) is 8.44. The van der Waals surface area contributed by atoms with Gasteiger partial charge in [-0.25, -0.2) is 0 Å². The van der Waals surface area contributed by atoms with Gasteiger partial charge < -0.3 is 9.47 Å². The SMILES string of the molecule is CC=COCCCC1(C)CCCOC1(C)C. The van der Waals surface area contributed by atoms with Gasteiger partial charge in [0.15, 0.2) is 0 Å². The van der Waals surface area contributed by atoms with Gasteiger partial charge in [-0.15, -0.1) is 0 Å². The molecule has 1 aliphatic heterocycles. The van der Waals surface area contributed by atoms with Gasteiger partial charge in [0.25, 0.3) is 0 Å². The standard InChI is InChI=1S/C14H26O2/c1-5-10-15-11-6-8-14(4)9-7-12-16-13(14,2)3/h5,10H,6-9,11-12H2,1-4H3. The highest BCUT2D eigenvalue weighted by molar-refractivity contribution is 4.93. The number of hydrogen-bond donors (Lipinski definition) is 0. The number of ether oxygens (including phenoxy) is 2. The molecule has 0 radical (unpaired) electrons. The van der Waals surface area contributed by atoms with Crippen LogP contribution in [-0.4, -0.2) is 18.8 Å². The van der Waals surface area contributed by atoms with Crippen molar-refractivity contribution in [3.05, 3.63) is 12.3 Å². The second-order valence-electron chi connectivity index (χ2n) is 5.47. The lowest BCUT2D eigenvalue weighted by Gasteiger charge is -2.48. The average molecular weight is 226 g/mol. The molecule has 0 aliphatic carbocycles. The van der Waals surface area contributed by atoms with Crippen LogP contribution in [0.3, 0.4) is 0 Å². The molecular formula is C14H26O2. The van der Waals surface area contributed by atoms with Crippen LogP contribution in [0.15, 0.2) is 12.3 Å². The molecule has 0 saturated carbocycles. The van der Waals surface area contributed by atoms with Crippen LogP contribution in [0.5, 0.6) is 0 Å².